The lowest BCUT2D eigenvalue weighted by atomic mass is 9.96. The first-order chi connectivity index (χ1) is 6.97. The van der Waals surface area contributed by atoms with Crippen LogP contribution in [0.4, 0.5) is 0 Å². The van der Waals surface area contributed by atoms with E-state index in [1.165, 1.54) is 0 Å². The molecule has 2 nitrogen and oxygen atoms in total. The summed E-state index contributed by atoms with van der Waals surface area (Å²) in [5.41, 5.74) is 7.03. The summed E-state index contributed by atoms with van der Waals surface area (Å²) >= 11 is 9.40. The summed E-state index contributed by atoms with van der Waals surface area (Å²) < 4.78 is 6.15. The standard InChI is InChI=1S/C11H15BrClNO/c1-6(2)10(14)8-4-7(13)5-9(12)11(8)15-3/h4-6,10H,14H2,1-3H3. The number of hydrogen-bond donors (Lipinski definition) is 1. The van der Waals surface area contributed by atoms with Gasteiger partial charge in [0.2, 0.25) is 0 Å². The Morgan fingerprint density at radius 3 is 2.47 bits per heavy atom. The Morgan fingerprint density at radius 2 is 2.00 bits per heavy atom. The smallest absolute Gasteiger partial charge is 0.137 e. The van der Waals surface area contributed by atoms with Gasteiger partial charge < -0.3 is 10.5 Å². The van der Waals surface area contributed by atoms with Crippen LogP contribution in [0, 0.1) is 5.92 Å². The molecule has 0 aliphatic heterocycles. The molecule has 15 heavy (non-hydrogen) atoms. The summed E-state index contributed by atoms with van der Waals surface area (Å²) in [6.07, 6.45) is 0. The van der Waals surface area contributed by atoms with Gasteiger partial charge in [-0.05, 0) is 34.0 Å². The van der Waals surface area contributed by atoms with Crippen molar-refractivity contribution in [3.05, 3.63) is 27.2 Å². The van der Waals surface area contributed by atoms with E-state index in [2.05, 4.69) is 29.8 Å². The summed E-state index contributed by atoms with van der Waals surface area (Å²) in [5, 5.41) is 0.661. The highest BCUT2D eigenvalue weighted by atomic mass is 79.9. The van der Waals surface area contributed by atoms with E-state index in [1.54, 1.807) is 13.2 Å². The van der Waals surface area contributed by atoms with Crippen LogP contribution in [0.1, 0.15) is 25.5 Å². The fraction of sp³-hybridized carbons (Fsp3) is 0.455. The Hall–Kier alpha value is -0.250. The highest BCUT2D eigenvalue weighted by Gasteiger charge is 2.18. The van der Waals surface area contributed by atoms with Crippen LogP contribution in [-0.4, -0.2) is 7.11 Å². The van der Waals surface area contributed by atoms with Gasteiger partial charge in [0, 0.05) is 16.6 Å². The van der Waals surface area contributed by atoms with Gasteiger partial charge in [-0.2, -0.15) is 0 Å². The molecule has 0 spiro atoms. The first kappa shape index (κ1) is 12.8. The van der Waals surface area contributed by atoms with Gasteiger partial charge in [0.15, 0.2) is 0 Å². The first-order valence-corrected chi connectivity index (χ1v) is 5.93. The molecule has 0 aliphatic carbocycles. The average molecular weight is 293 g/mol. The maximum atomic E-state index is 6.09. The summed E-state index contributed by atoms with van der Waals surface area (Å²) in [6.45, 7) is 4.14. The largest absolute Gasteiger partial charge is 0.495 e. The number of ether oxygens (including phenoxy) is 1. The summed E-state index contributed by atoms with van der Waals surface area (Å²) in [4.78, 5) is 0. The molecule has 0 radical (unpaired) electrons. The molecule has 1 atom stereocenters. The number of halogens is 2. The highest BCUT2D eigenvalue weighted by molar-refractivity contribution is 9.10. The van der Waals surface area contributed by atoms with Crippen molar-refractivity contribution >= 4 is 27.5 Å². The van der Waals surface area contributed by atoms with E-state index in [0.29, 0.717) is 10.9 Å². The molecule has 4 heteroatoms. The second kappa shape index (κ2) is 5.19. The average Bonchev–Trinajstić information content (AvgIpc) is 2.15. The van der Waals surface area contributed by atoms with Crippen LogP contribution in [0.5, 0.6) is 5.75 Å². The molecular weight excluding hydrogens is 277 g/mol. The lowest BCUT2D eigenvalue weighted by Gasteiger charge is -2.20. The van der Waals surface area contributed by atoms with Gasteiger partial charge in [0.25, 0.3) is 0 Å². The maximum absolute atomic E-state index is 6.09. The van der Waals surface area contributed by atoms with Gasteiger partial charge in [-0.1, -0.05) is 25.4 Å². The van der Waals surface area contributed by atoms with Crippen LogP contribution < -0.4 is 10.5 Å². The molecule has 0 heterocycles. The van der Waals surface area contributed by atoms with E-state index < -0.39 is 0 Å². The van der Waals surface area contributed by atoms with E-state index in [1.807, 2.05) is 6.07 Å². The fourth-order valence-corrected chi connectivity index (χ4v) is 2.40. The molecule has 0 bridgehead atoms. The van der Waals surface area contributed by atoms with Gasteiger partial charge in [0.05, 0.1) is 11.6 Å². The molecule has 1 rings (SSSR count). The minimum absolute atomic E-state index is 0.0741. The second-order valence-corrected chi connectivity index (χ2v) is 5.07. The van der Waals surface area contributed by atoms with Crippen molar-refractivity contribution in [2.45, 2.75) is 19.9 Å². The van der Waals surface area contributed by atoms with Crippen molar-refractivity contribution in [1.82, 2.24) is 0 Å². The molecule has 0 saturated heterocycles. The van der Waals surface area contributed by atoms with Crippen molar-refractivity contribution in [1.29, 1.82) is 0 Å². The van der Waals surface area contributed by atoms with Crippen LogP contribution in [-0.2, 0) is 0 Å². The molecule has 1 unspecified atom stereocenters. The van der Waals surface area contributed by atoms with Gasteiger partial charge in [-0.25, -0.2) is 0 Å². The Bertz CT molecular complexity index is 355. The number of benzene rings is 1. The highest BCUT2D eigenvalue weighted by Crippen LogP contribution is 2.37. The minimum atomic E-state index is -0.0741. The molecule has 0 amide bonds. The molecular formula is C11H15BrClNO. The summed E-state index contributed by atoms with van der Waals surface area (Å²) in [7, 11) is 1.63. The van der Waals surface area contributed by atoms with Crippen LogP contribution in [0.15, 0.2) is 16.6 Å². The van der Waals surface area contributed by atoms with Crippen LogP contribution >= 0.6 is 27.5 Å². The summed E-state index contributed by atoms with van der Waals surface area (Å²) in [5.74, 6) is 1.10. The Balaban J connectivity index is 3.26. The van der Waals surface area contributed by atoms with Crippen LogP contribution in [0.2, 0.25) is 5.02 Å². The molecule has 0 saturated carbocycles. The molecule has 84 valence electrons. The lowest BCUT2D eigenvalue weighted by Crippen LogP contribution is -2.17. The molecule has 1 aromatic rings. The van der Waals surface area contributed by atoms with Crippen LogP contribution in [0.25, 0.3) is 0 Å². The van der Waals surface area contributed by atoms with E-state index >= 15 is 0 Å². The zero-order chi connectivity index (χ0) is 11.6. The van der Waals surface area contributed by atoms with Crippen molar-refractivity contribution in [3.63, 3.8) is 0 Å². The predicted octanol–water partition coefficient (Wildman–Crippen LogP) is 3.77. The SMILES string of the molecule is COc1c(Br)cc(Cl)cc1C(N)C(C)C. The summed E-state index contributed by atoms with van der Waals surface area (Å²) in [6, 6.07) is 3.59. The van der Waals surface area contributed by atoms with Gasteiger partial charge in [0.1, 0.15) is 5.75 Å². The molecule has 0 fully saturated rings. The third-order valence-electron chi connectivity index (χ3n) is 2.32. The van der Waals surface area contributed by atoms with Gasteiger partial charge in [-0.3, -0.25) is 0 Å². The van der Waals surface area contributed by atoms with Crippen LogP contribution in [0.3, 0.4) is 0 Å². The molecule has 1 aromatic carbocycles. The van der Waals surface area contributed by atoms with Gasteiger partial charge in [-0.15, -0.1) is 0 Å². The maximum Gasteiger partial charge on any atom is 0.137 e. The van der Waals surface area contributed by atoms with Crippen molar-refractivity contribution in [2.75, 3.05) is 7.11 Å². The molecule has 0 aromatic heterocycles. The van der Waals surface area contributed by atoms with Gasteiger partial charge >= 0.3 is 0 Å². The first-order valence-electron chi connectivity index (χ1n) is 4.76. The zero-order valence-corrected chi connectivity index (χ0v) is 11.4. The second-order valence-electron chi connectivity index (χ2n) is 3.78. The lowest BCUT2D eigenvalue weighted by molar-refractivity contribution is 0.394. The number of hydrogen-bond acceptors (Lipinski definition) is 2. The third-order valence-corrected chi connectivity index (χ3v) is 3.13. The molecule has 0 aliphatic rings. The monoisotopic (exact) mass is 291 g/mol. The van der Waals surface area contributed by atoms with Crippen molar-refractivity contribution < 1.29 is 4.74 Å². The van der Waals surface area contributed by atoms with E-state index in [4.69, 9.17) is 22.1 Å². The third kappa shape index (κ3) is 2.86. The quantitative estimate of drug-likeness (QED) is 0.920. The zero-order valence-electron chi connectivity index (χ0n) is 9.05. The van der Waals surface area contributed by atoms with E-state index in [0.717, 1.165) is 15.8 Å². The Labute approximate surface area is 104 Å². The minimum Gasteiger partial charge on any atom is -0.495 e. The predicted molar refractivity (Wildman–Crippen MR) is 67.5 cm³/mol. The van der Waals surface area contributed by atoms with Crippen molar-refractivity contribution in [2.24, 2.45) is 11.7 Å². The Kier molecular flexibility index (Phi) is 4.44. The fourth-order valence-electron chi connectivity index (χ4n) is 1.40. The Morgan fingerprint density at radius 1 is 1.40 bits per heavy atom. The topological polar surface area (TPSA) is 35.2 Å². The van der Waals surface area contributed by atoms with Crippen molar-refractivity contribution in [3.8, 4) is 5.75 Å². The molecule has 2 N–H and O–H groups in total. The normalized spacial score (nSPS) is 13.0. The van der Waals surface area contributed by atoms with E-state index in [-0.39, 0.29) is 6.04 Å². The number of methoxy groups -OCH3 is 1. The number of nitrogens with two attached hydrogens (primary N) is 1. The van der Waals surface area contributed by atoms with E-state index in [9.17, 15) is 0 Å². The number of rotatable bonds is 3.